The summed E-state index contributed by atoms with van der Waals surface area (Å²) in [5.41, 5.74) is 0. The van der Waals surface area contributed by atoms with Gasteiger partial charge in [0.15, 0.2) is 0 Å². The smallest absolute Gasteiger partial charge is 0.306 e. The zero-order valence-electron chi connectivity index (χ0n) is 19.9. The average molecular weight is 461 g/mol. The molecule has 0 aliphatic heterocycles. The summed E-state index contributed by atoms with van der Waals surface area (Å²) >= 11 is 0. The minimum absolute atomic E-state index is 0.187. The summed E-state index contributed by atoms with van der Waals surface area (Å²) in [5.74, 6) is -3.48. The third-order valence-corrected chi connectivity index (χ3v) is 5.40. The predicted molar refractivity (Wildman–Crippen MR) is 123 cm³/mol. The second kappa shape index (κ2) is 22.1. The van der Waals surface area contributed by atoms with E-state index in [1.54, 1.807) is 0 Å². The first-order valence-corrected chi connectivity index (χ1v) is 12.0. The first-order valence-electron chi connectivity index (χ1n) is 12.0. The molecule has 0 aromatic rings. The van der Waals surface area contributed by atoms with E-state index < -0.39 is 23.9 Å². The van der Waals surface area contributed by atoms with E-state index in [4.69, 9.17) is 20.4 Å². The van der Waals surface area contributed by atoms with Crippen molar-refractivity contribution in [2.45, 2.75) is 117 Å². The Morgan fingerprint density at radius 3 is 1.06 bits per heavy atom. The molecule has 0 radical (unpaired) electrons. The highest BCUT2D eigenvalue weighted by Gasteiger charge is 2.16. The van der Waals surface area contributed by atoms with Gasteiger partial charge in [0, 0.05) is 12.8 Å². The number of carbonyl (C=O) groups is 4. The van der Waals surface area contributed by atoms with Gasteiger partial charge in [0.05, 0.1) is 11.8 Å². The quantitative estimate of drug-likeness (QED) is 0.166. The van der Waals surface area contributed by atoms with E-state index in [2.05, 4.69) is 0 Å². The third-order valence-electron chi connectivity index (χ3n) is 5.40. The molecule has 2 unspecified atom stereocenters. The monoisotopic (exact) mass is 460 g/mol. The van der Waals surface area contributed by atoms with Gasteiger partial charge < -0.3 is 20.4 Å². The maximum absolute atomic E-state index is 10.9. The molecule has 0 aromatic heterocycles. The summed E-state index contributed by atoms with van der Waals surface area (Å²) in [5, 5.41) is 34.8. The molecule has 0 aliphatic rings. The van der Waals surface area contributed by atoms with Crippen molar-refractivity contribution >= 4 is 23.9 Å². The zero-order valence-corrected chi connectivity index (χ0v) is 19.9. The first kappa shape index (κ1) is 32.1. The zero-order chi connectivity index (χ0) is 24.8. The van der Waals surface area contributed by atoms with Crippen LogP contribution in [0.3, 0.4) is 0 Å². The molecular formula is C24H44O8. The minimum Gasteiger partial charge on any atom is -0.481 e. The van der Waals surface area contributed by atoms with Crippen LogP contribution in [0.1, 0.15) is 117 Å². The molecule has 0 heterocycles. The minimum atomic E-state index is -0.777. The Kier molecular flexibility index (Phi) is 22.1. The highest BCUT2D eigenvalue weighted by molar-refractivity contribution is 5.70. The number of aliphatic carboxylic acids is 4. The van der Waals surface area contributed by atoms with Crippen LogP contribution >= 0.6 is 0 Å². The Bertz CT molecular complexity index is 472. The molecule has 2 atom stereocenters. The molecule has 0 bridgehead atoms. The summed E-state index contributed by atoms with van der Waals surface area (Å²) in [4.78, 5) is 42.3. The predicted octanol–water partition coefficient (Wildman–Crippen LogP) is 5.83. The van der Waals surface area contributed by atoms with Gasteiger partial charge in [0.2, 0.25) is 0 Å². The van der Waals surface area contributed by atoms with Crippen LogP contribution in [0.2, 0.25) is 0 Å². The van der Waals surface area contributed by atoms with E-state index in [-0.39, 0.29) is 24.7 Å². The Balaban J connectivity index is 0. The molecule has 4 N–H and O–H groups in total. The molecule has 0 rings (SSSR count). The Hall–Kier alpha value is -2.12. The lowest BCUT2D eigenvalue weighted by molar-refractivity contribution is -0.143. The maximum atomic E-state index is 10.9. The van der Waals surface area contributed by atoms with Gasteiger partial charge in [-0.15, -0.1) is 0 Å². The van der Waals surface area contributed by atoms with Gasteiger partial charge >= 0.3 is 23.9 Å². The van der Waals surface area contributed by atoms with E-state index in [0.717, 1.165) is 64.2 Å². The fourth-order valence-corrected chi connectivity index (χ4v) is 3.37. The molecule has 0 fully saturated rings. The molecule has 0 saturated carbocycles. The van der Waals surface area contributed by atoms with Gasteiger partial charge in [-0.1, -0.05) is 65.2 Å². The highest BCUT2D eigenvalue weighted by Crippen LogP contribution is 2.18. The molecule has 0 amide bonds. The van der Waals surface area contributed by atoms with E-state index in [0.29, 0.717) is 25.7 Å². The number of carboxylic acid groups (broad SMARTS) is 4. The Morgan fingerprint density at radius 1 is 0.500 bits per heavy atom. The highest BCUT2D eigenvalue weighted by atomic mass is 16.4. The lowest BCUT2D eigenvalue weighted by Gasteiger charge is -2.10. The first-order chi connectivity index (χ1) is 15.1. The molecule has 188 valence electrons. The van der Waals surface area contributed by atoms with Crippen molar-refractivity contribution < 1.29 is 39.6 Å². The lowest BCUT2D eigenvalue weighted by atomic mass is 9.95. The van der Waals surface area contributed by atoms with E-state index >= 15 is 0 Å². The van der Waals surface area contributed by atoms with E-state index in [1.165, 1.54) is 0 Å². The van der Waals surface area contributed by atoms with Crippen molar-refractivity contribution in [3.63, 3.8) is 0 Å². The van der Waals surface area contributed by atoms with Crippen LogP contribution in [0.5, 0.6) is 0 Å². The molecule has 8 nitrogen and oxygen atoms in total. The van der Waals surface area contributed by atoms with E-state index in [1.807, 2.05) is 13.8 Å². The molecule has 32 heavy (non-hydrogen) atoms. The van der Waals surface area contributed by atoms with E-state index in [9.17, 15) is 19.2 Å². The van der Waals surface area contributed by atoms with Gasteiger partial charge in [0.25, 0.3) is 0 Å². The van der Waals surface area contributed by atoms with Gasteiger partial charge in [-0.2, -0.15) is 0 Å². The summed E-state index contributed by atoms with van der Waals surface area (Å²) in [6.45, 7) is 4.09. The van der Waals surface area contributed by atoms with Crippen LogP contribution < -0.4 is 0 Å². The van der Waals surface area contributed by atoms with Crippen LogP contribution in [0, 0.1) is 11.8 Å². The van der Waals surface area contributed by atoms with Gasteiger partial charge in [-0.05, 0) is 38.5 Å². The molecule has 8 heteroatoms. The largest absolute Gasteiger partial charge is 0.481 e. The summed E-state index contributed by atoms with van der Waals surface area (Å²) in [7, 11) is 0. The number of unbranched alkanes of at least 4 members (excludes halogenated alkanes) is 6. The van der Waals surface area contributed by atoms with Gasteiger partial charge in [0.1, 0.15) is 0 Å². The molecular weight excluding hydrogens is 416 g/mol. The van der Waals surface area contributed by atoms with Gasteiger partial charge in [-0.3, -0.25) is 19.2 Å². The SMILES string of the molecule is CCCCC(CCCCCC(=O)O)C(=O)O.CCCCC(CCCCCC(=O)O)C(=O)O. The normalized spacial score (nSPS) is 12.3. The second-order valence-corrected chi connectivity index (χ2v) is 8.34. The molecule has 0 aliphatic carbocycles. The van der Waals surface area contributed by atoms with Crippen molar-refractivity contribution in [3.8, 4) is 0 Å². The summed E-state index contributed by atoms with van der Waals surface area (Å²) < 4.78 is 0. The Labute approximate surface area is 192 Å². The van der Waals surface area contributed by atoms with Gasteiger partial charge in [-0.25, -0.2) is 0 Å². The Morgan fingerprint density at radius 2 is 0.812 bits per heavy atom. The fraction of sp³-hybridized carbons (Fsp3) is 0.833. The maximum Gasteiger partial charge on any atom is 0.306 e. The van der Waals surface area contributed by atoms with Crippen molar-refractivity contribution in [2.75, 3.05) is 0 Å². The van der Waals surface area contributed by atoms with Crippen LogP contribution in [0.15, 0.2) is 0 Å². The van der Waals surface area contributed by atoms with Crippen molar-refractivity contribution in [2.24, 2.45) is 11.8 Å². The summed E-state index contributed by atoms with van der Waals surface area (Å²) in [6.07, 6.45) is 11.7. The number of hydrogen-bond acceptors (Lipinski definition) is 4. The topological polar surface area (TPSA) is 149 Å². The van der Waals surface area contributed by atoms with Crippen molar-refractivity contribution in [3.05, 3.63) is 0 Å². The second-order valence-electron chi connectivity index (χ2n) is 8.34. The van der Waals surface area contributed by atoms with Crippen LogP contribution in [0.4, 0.5) is 0 Å². The third kappa shape index (κ3) is 22.6. The van der Waals surface area contributed by atoms with Crippen LogP contribution in [-0.4, -0.2) is 44.3 Å². The standard InChI is InChI=1S/2C12H22O4/c2*1-2-3-7-10(12(15)16)8-5-4-6-9-11(13)14/h2*10H,2-9H2,1H3,(H,13,14)(H,15,16). The molecule has 0 spiro atoms. The van der Waals surface area contributed by atoms with Crippen LogP contribution in [-0.2, 0) is 19.2 Å². The average Bonchev–Trinajstić information content (AvgIpc) is 2.71. The fourth-order valence-electron chi connectivity index (χ4n) is 3.37. The lowest BCUT2D eigenvalue weighted by Crippen LogP contribution is -2.13. The van der Waals surface area contributed by atoms with Crippen molar-refractivity contribution in [1.82, 2.24) is 0 Å². The number of hydrogen-bond donors (Lipinski definition) is 4. The summed E-state index contributed by atoms with van der Waals surface area (Å²) in [6, 6.07) is 0. The molecule has 0 saturated heterocycles. The molecule has 0 aromatic carbocycles. The van der Waals surface area contributed by atoms with Crippen LogP contribution in [0.25, 0.3) is 0 Å². The number of rotatable bonds is 20. The van der Waals surface area contributed by atoms with Crippen molar-refractivity contribution in [1.29, 1.82) is 0 Å². The number of carboxylic acids is 4.